The minimum atomic E-state index is -0.786. The predicted molar refractivity (Wildman–Crippen MR) is 85.7 cm³/mol. The van der Waals surface area contributed by atoms with Crippen LogP contribution in [0.4, 0.5) is 5.69 Å². The number of ether oxygens (including phenoxy) is 1. The molecule has 0 bridgehead atoms. The molecule has 1 fully saturated rings. The monoisotopic (exact) mass is 346 g/mol. The third kappa shape index (κ3) is 2.29. The van der Waals surface area contributed by atoms with Crippen LogP contribution in [0.25, 0.3) is 10.3 Å². The van der Waals surface area contributed by atoms with E-state index in [-0.39, 0.29) is 5.91 Å². The maximum Gasteiger partial charge on any atom is 0.264 e. The lowest BCUT2D eigenvalue weighted by Crippen LogP contribution is -2.47. The molecule has 3 N–H and O–H groups in total. The van der Waals surface area contributed by atoms with Gasteiger partial charge in [0, 0.05) is 32.5 Å². The standard InChI is InChI=1S/C13H14N8O2S/c1-14-7-8-11(16-4-3-15-8)24-9(7)10(22)17-13(2-5-23-6-13)12-18-20-21-19-12/h3-4,14H,2,5-6H2,1H3,(H,17,22)(H,18,19,20,21). The van der Waals surface area contributed by atoms with Crippen LogP contribution in [0.15, 0.2) is 12.4 Å². The van der Waals surface area contributed by atoms with Crippen molar-refractivity contribution in [2.24, 2.45) is 0 Å². The van der Waals surface area contributed by atoms with Gasteiger partial charge in [0.15, 0.2) is 0 Å². The highest BCUT2D eigenvalue weighted by molar-refractivity contribution is 7.21. The largest absolute Gasteiger partial charge is 0.385 e. The lowest BCUT2D eigenvalue weighted by atomic mass is 9.97. The Labute approximate surface area is 140 Å². The third-order valence-corrected chi connectivity index (χ3v) is 5.02. The fourth-order valence-corrected chi connectivity index (χ4v) is 3.76. The highest BCUT2D eigenvalue weighted by atomic mass is 32.1. The van der Waals surface area contributed by atoms with E-state index in [1.807, 2.05) is 0 Å². The Bertz CT molecular complexity index is 871. The fraction of sp³-hybridized carbons (Fsp3) is 0.385. The first-order chi connectivity index (χ1) is 11.7. The number of aromatic amines is 1. The molecule has 1 amide bonds. The second kappa shape index (κ2) is 5.76. The number of aromatic nitrogens is 6. The molecule has 1 unspecified atom stereocenters. The summed E-state index contributed by atoms with van der Waals surface area (Å²) in [5.74, 6) is 0.163. The van der Waals surface area contributed by atoms with Gasteiger partial charge in [0.05, 0.1) is 12.3 Å². The summed E-state index contributed by atoms with van der Waals surface area (Å²) in [5.41, 5.74) is 0.542. The highest BCUT2D eigenvalue weighted by Crippen LogP contribution is 2.34. The first kappa shape index (κ1) is 14.9. The van der Waals surface area contributed by atoms with Crippen molar-refractivity contribution in [2.45, 2.75) is 12.0 Å². The second-order valence-corrected chi connectivity index (χ2v) is 6.34. The Hall–Kier alpha value is -2.66. The molecular weight excluding hydrogens is 332 g/mol. The Balaban J connectivity index is 1.71. The molecule has 0 saturated carbocycles. The van der Waals surface area contributed by atoms with Crippen LogP contribution in [0.1, 0.15) is 21.9 Å². The molecule has 1 aliphatic heterocycles. The molecule has 3 aromatic rings. The van der Waals surface area contributed by atoms with E-state index in [4.69, 9.17) is 4.74 Å². The molecule has 10 nitrogen and oxygen atoms in total. The molecule has 11 heteroatoms. The zero-order valence-electron chi connectivity index (χ0n) is 12.7. The molecule has 4 rings (SSSR count). The van der Waals surface area contributed by atoms with Gasteiger partial charge in [-0.3, -0.25) is 4.79 Å². The molecule has 0 spiro atoms. The SMILES string of the molecule is CNc1c(C(=O)NC2(c3nn[nH]n3)CCOC2)sc2nccnc12. The van der Waals surface area contributed by atoms with Gasteiger partial charge in [0.2, 0.25) is 5.82 Å². The Morgan fingerprint density at radius 1 is 1.42 bits per heavy atom. The number of carbonyl (C=O) groups is 1. The number of rotatable bonds is 4. The summed E-state index contributed by atoms with van der Waals surface area (Å²) in [7, 11) is 1.75. The minimum Gasteiger partial charge on any atom is -0.385 e. The first-order valence-corrected chi connectivity index (χ1v) is 8.10. The number of amides is 1. The first-order valence-electron chi connectivity index (χ1n) is 7.29. The number of hydrogen-bond acceptors (Lipinski definition) is 9. The summed E-state index contributed by atoms with van der Waals surface area (Å²) in [5, 5.41) is 20.1. The zero-order chi connectivity index (χ0) is 16.6. The Morgan fingerprint density at radius 3 is 3.00 bits per heavy atom. The molecule has 4 heterocycles. The van der Waals surface area contributed by atoms with E-state index in [9.17, 15) is 4.79 Å². The van der Waals surface area contributed by atoms with Gasteiger partial charge in [0.1, 0.15) is 20.8 Å². The maximum atomic E-state index is 12.9. The highest BCUT2D eigenvalue weighted by Gasteiger charge is 2.43. The van der Waals surface area contributed by atoms with Crippen molar-refractivity contribution in [1.29, 1.82) is 0 Å². The summed E-state index contributed by atoms with van der Waals surface area (Å²) in [6, 6.07) is 0. The van der Waals surface area contributed by atoms with Crippen molar-refractivity contribution in [3.05, 3.63) is 23.1 Å². The van der Waals surface area contributed by atoms with Crippen LogP contribution in [0.3, 0.4) is 0 Å². The zero-order valence-corrected chi connectivity index (χ0v) is 13.6. The van der Waals surface area contributed by atoms with Gasteiger partial charge in [-0.1, -0.05) is 5.21 Å². The van der Waals surface area contributed by atoms with Crippen molar-refractivity contribution in [3.63, 3.8) is 0 Å². The molecule has 24 heavy (non-hydrogen) atoms. The van der Waals surface area contributed by atoms with Crippen LogP contribution in [-0.2, 0) is 10.3 Å². The van der Waals surface area contributed by atoms with Crippen LogP contribution >= 0.6 is 11.3 Å². The second-order valence-electron chi connectivity index (χ2n) is 5.34. The molecule has 3 aromatic heterocycles. The number of nitrogens with zero attached hydrogens (tertiary/aromatic N) is 5. The van der Waals surface area contributed by atoms with Crippen molar-refractivity contribution >= 4 is 33.3 Å². The summed E-state index contributed by atoms with van der Waals surface area (Å²) in [4.78, 5) is 22.7. The topological polar surface area (TPSA) is 131 Å². The summed E-state index contributed by atoms with van der Waals surface area (Å²) in [6.07, 6.45) is 3.78. The molecule has 1 saturated heterocycles. The summed E-state index contributed by atoms with van der Waals surface area (Å²) in [6.45, 7) is 0.817. The fourth-order valence-electron chi connectivity index (χ4n) is 2.75. The summed E-state index contributed by atoms with van der Waals surface area (Å²) < 4.78 is 5.46. The summed E-state index contributed by atoms with van der Waals surface area (Å²) >= 11 is 1.28. The van der Waals surface area contributed by atoms with E-state index in [1.54, 1.807) is 19.4 Å². The number of thiophene rings is 1. The van der Waals surface area contributed by atoms with Crippen molar-refractivity contribution < 1.29 is 9.53 Å². The van der Waals surface area contributed by atoms with Gasteiger partial charge < -0.3 is 15.4 Å². The van der Waals surface area contributed by atoms with Gasteiger partial charge >= 0.3 is 0 Å². The molecular formula is C13H14N8O2S. The molecule has 1 aliphatic rings. The predicted octanol–water partition coefficient (Wildman–Crippen LogP) is 0.292. The minimum absolute atomic E-state index is 0.251. The van der Waals surface area contributed by atoms with Crippen LogP contribution in [0.5, 0.6) is 0 Å². The molecule has 0 aliphatic carbocycles. The van der Waals surface area contributed by atoms with E-state index in [1.165, 1.54) is 11.3 Å². The number of carbonyl (C=O) groups excluding carboxylic acids is 1. The van der Waals surface area contributed by atoms with E-state index >= 15 is 0 Å². The molecule has 0 aromatic carbocycles. The number of nitrogens with one attached hydrogen (secondary N) is 3. The van der Waals surface area contributed by atoms with E-state index in [2.05, 4.69) is 41.2 Å². The van der Waals surface area contributed by atoms with Gasteiger partial charge in [-0.15, -0.1) is 21.5 Å². The Morgan fingerprint density at radius 2 is 2.29 bits per heavy atom. The van der Waals surface area contributed by atoms with E-state index in [0.29, 0.717) is 46.4 Å². The third-order valence-electron chi connectivity index (χ3n) is 3.93. The number of fused-ring (bicyclic) bond motifs is 1. The van der Waals surface area contributed by atoms with Crippen LogP contribution in [0.2, 0.25) is 0 Å². The molecule has 124 valence electrons. The number of tetrazole rings is 1. The lowest BCUT2D eigenvalue weighted by Gasteiger charge is -2.24. The van der Waals surface area contributed by atoms with Gasteiger partial charge in [-0.2, -0.15) is 5.21 Å². The average Bonchev–Trinajstić information content (AvgIpc) is 3.33. The van der Waals surface area contributed by atoms with E-state index < -0.39 is 5.54 Å². The molecule has 1 atom stereocenters. The maximum absolute atomic E-state index is 12.9. The van der Waals surface area contributed by atoms with Crippen molar-refractivity contribution in [3.8, 4) is 0 Å². The van der Waals surface area contributed by atoms with Crippen LogP contribution in [0, 0.1) is 0 Å². The average molecular weight is 346 g/mol. The lowest BCUT2D eigenvalue weighted by molar-refractivity contribution is 0.0874. The quantitative estimate of drug-likeness (QED) is 0.614. The van der Waals surface area contributed by atoms with Crippen molar-refractivity contribution in [2.75, 3.05) is 25.6 Å². The smallest absolute Gasteiger partial charge is 0.264 e. The normalized spacial score (nSPS) is 20.4. The van der Waals surface area contributed by atoms with Gasteiger partial charge in [-0.25, -0.2) is 9.97 Å². The van der Waals surface area contributed by atoms with E-state index in [0.717, 1.165) is 0 Å². The van der Waals surface area contributed by atoms with Crippen molar-refractivity contribution in [1.82, 2.24) is 35.9 Å². The van der Waals surface area contributed by atoms with Gasteiger partial charge in [-0.05, 0) is 0 Å². The van der Waals surface area contributed by atoms with Crippen LogP contribution in [-0.4, -0.2) is 56.8 Å². The van der Waals surface area contributed by atoms with Crippen LogP contribution < -0.4 is 10.6 Å². The number of H-pyrrole nitrogens is 1. The number of anilines is 1. The Kier molecular flexibility index (Phi) is 3.58. The number of hydrogen-bond donors (Lipinski definition) is 3. The molecule has 0 radical (unpaired) electrons. The van der Waals surface area contributed by atoms with Gasteiger partial charge in [0.25, 0.3) is 5.91 Å².